The summed E-state index contributed by atoms with van der Waals surface area (Å²) in [6, 6.07) is 4.20. The van der Waals surface area contributed by atoms with Crippen LogP contribution in [-0.4, -0.2) is 46.4 Å². The Balaban J connectivity index is 2.76. The van der Waals surface area contributed by atoms with Crippen molar-refractivity contribution < 1.29 is 19.6 Å². The Morgan fingerprint density at radius 3 is 2.59 bits per heavy atom. The highest BCUT2D eigenvalue weighted by atomic mass is 16.6. The molecule has 1 rings (SSSR count). The Hall–Kier alpha value is -2.48. The van der Waals surface area contributed by atoms with E-state index in [4.69, 9.17) is 5.11 Å². The Kier molecular flexibility index (Phi) is 6.46. The Morgan fingerprint density at radius 2 is 2.05 bits per heavy atom. The first kappa shape index (κ1) is 17.6. The summed E-state index contributed by atoms with van der Waals surface area (Å²) in [7, 11) is 0. The van der Waals surface area contributed by atoms with Gasteiger partial charge >= 0.3 is 5.97 Å². The van der Waals surface area contributed by atoms with Gasteiger partial charge in [0.15, 0.2) is 0 Å². The van der Waals surface area contributed by atoms with Crippen molar-refractivity contribution in [2.75, 3.05) is 25.0 Å². The minimum Gasteiger partial charge on any atom is -0.480 e. The van der Waals surface area contributed by atoms with Crippen molar-refractivity contribution in [2.24, 2.45) is 0 Å². The number of non-ortho nitro benzene ring substituents is 1. The van der Waals surface area contributed by atoms with Gasteiger partial charge in [-0.1, -0.05) is 13.0 Å². The van der Waals surface area contributed by atoms with E-state index in [-0.39, 0.29) is 18.8 Å². The Bertz CT molecular complexity index is 574. The number of benzene rings is 1. The lowest BCUT2D eigenvalue weighted by Crippen LogP contribution is -2.37. The van der Waals surface area contributed by atoms with E-state index >= 15 is 0 Å². The number of anilines is 1. The maximum atomic E-state index is 12.0. The van der Waals surface area contributed by atoms with Crippen molar-refractivity contribution in [1.82, 2.24) is 4.90 Å². The zero-order chi connectivity index (χ0) is 16.7. The third kappa shape index (κ3) is 5.49. The van der Waals surface area contributed by atoms with Gasteiger partial charge in [-0.25, -0.2) is 0 Å². The van der Waals surface area contributed by atoms with Crippen LogP contribution in [0.15, 0.2) is 18.2 Å². The summed E-state index contributed by atoms with van der Waals surface area (Å²) in [6.07, 6.45) is 0.719. The van der Waals surface area contributed by atoms with E-state index in [1.54, 1.807) is 13.0 Å². The molecule has 2 N–H and O–H groups in total. The SMILES string of the molecule is CCCN(CC(=O)O)CC(=O)Nc1cc([N+](=O)[O-])ccc1C. The second-order valence-electron chi connectivity index (χ2n) is 4.91. The number of hydrogen-bond acceptors (Lipinski definition) is 5. The second kappa shape index (κ2) is 8.08. The van der Waals surface area contributed by atoms with Gasteiger partial charge in [0.2, 0.25) is 5.91 Å². The molecule has 8 nitrogen and oxygen atoms in total. The Morgan fingerprint density at radius 1 is 1.36 bits per heavy atom. The predicted octanol–water partition coefficient (Wildman–Crippen LogP) is 1.64. The third-order valence-corrected chi connectivity index (χ3v) is 2.97. The number of nitro groups is 1. The van der Waals surface area contributed by atoms with E-state index in [0.717, 1.165) is 6.42 Å². The number of carbonyl (C=O) groups excluding carboxylic acids is 1. The average molecular weight is 309 g/mol. The molecule has 1 amide bonds. The molecule has 1 aromatic rings. The first-order chi connectivity index (χ1) is 10.3. The summed E-state index contributed by atoms with van der Waals surface area (Å²) in [6.45, 7) is 3.78. The van der Waals surface area contributed by atoms with Crippen molar-refractivity contribution in [3.63, 3.8) is 0 Å². The highest BCUT2D eigenvalue weighted by Gasteiger charge is 2.15. The molecule has 0 spiro atoms. The number of aliphatic carboxylic acids is 1. The highest BCUT2D eigenvalue weighted by Crippen LogP contribution is 2.21. The van der Waals surface area contributed by atoms with Crippen LogP contribution in [0, 0.1) is 17.0 Å². The smallest absolute Gasteiger partial charge is 0.317 e. The van der Waals surface area contributed by atoms with Crippen molar-refractivity contribution in [2.45, 2.75) is 20.3 Å². The average Bonchev–Trinajstić information content (AvgIpc) is 2.40. The maximum Gasteiger partial charge on any atom is 0.317 e. The number of carbonyl (C=O) groups is 2. The summed E-state index contributed by atoms with van der Waals surface area (Å²) < 4.78 is 0. The molecule has 0 atom stereocenters. The van der Waals surface area contributed by atoms with Gasteiger partial charge in [-0.3, -0.25) is 24.6 Å². The summed E-state index contributed by atoms with van der Waals surface area (Å²) in [4.78, 5) is 34.5. The van der Waals surface area contributed by atoms with Crippen LogP contribution in [0.2, 0.25) is 0 Å². The van der Waals surface area contributed by atoms with Crippen LogP contribution in [0.5, 0.6) is 0 Å². The molecular formula is C14H19N3O5. The number of aryl methyl sites for hydroxylation is 1. The lowest BCUT2D eigenvalue weighted by atomic mass is 10.2. The van der Waals surface area contributed by atoms with Crippen molar-refractivity contribution in [1.29, 1.82) is 0 Å². The standard InChI is InChI=1S/C14H19N3O5/c1-3-6-16(9-14(19)20)8-13(18)15-12-7-11(17(21)22)5-4-10(12)2/h4-5,7H,3,6,8-9H2,1-2H3,(H,15,18)(H,19,20). The van der Waals surface area contributed by atoms with Gasteiger partial charge < -0.3 is 10.4 Å². The zero-order valence-corrected chi connectivity index (χ0v) is 12.5. The highest BCUT2D eigenvalue weighted by molar-refractivity contribution is 5.93. The van der Waals surface area contributed by atoms with Crippen molar-refractivity contribution in [3.8, 4) is 0 Å². The molecular weight excluding hydrogens is 290 g/mol. The lowest BCUT2D eigenvalue weighted by Gasteiger charge is -2.19. The Labute approximate surface area is 127 Å². The molecule has 0 heterocycles. The van der Waals surface area contributed by atoms with Gasteiger partial charge in [-0.05, 0) is 25.5 Å². The van der Waals surface area contributed by atoms with Crippen LogP contribution in [0.4, 0.5) is 11.4 Å². The van der Waals surface area contributed by atoms with Gasteiger partial charge in [-0.15, -0.1) is 0 Å². The molecule has 0 saturated carbocycles. The van der Waals surface area contributed by atoms with E-state index in [2.05, 4.69) is 5.32 Å². The number of nitro benzene ring substituents is 1. The largest absolute Gasteiger partial charge is 0.480 e. The quantitative estimate of drug-likeness (QED) is 0.557. The molecule has 0 aliphatic rings. The molecule has 22 heavy (non-hydrogen) atoms. The number of nitrogens with zero attached hydrogens (tertiary/aromatic N) is 2. The normalized spacial score (nSPS) is 10.5. The van der Waals surface area contributed by atoms with Crippen LogP contribution >= 0.6 is 0 Å². The van der Waals surface area contributed by atoms with E-state index in [9.17, 15) is 19.7 Å². The second-order valence-corrected chi connectivity index (χ2v) is 4.91. The summed E-state index contributed by atoms with van der Waals surface area (Å²) in [5.74, 6) is -1.41. The van der Waals surface area contributed by atoms with E-state index < -0.39 is 16.8 Å². The van der Waals surface area contributed by atoms with Crippen LogP contribution in [0.25, 0.3) is 0 Å². The fourth-order valence-corrected chi connectivity index (χ4v) is 1.97. The first-order valence-corrected chi connectivity index (χ1v) is 6.82. The number of amides is 1. The van der Waals surface area contributed by atoms with Crippen LogP contribution < -0.4 is 5.32 Å². The molecule has 1 aromatic carbocycles. The minimum atomic E-state index is -1.01. The zero-order valence-electron chi connectivity index (χ0n) is 12.5. The van der Waals surface area contributed by atoms with Crippen LogP contribution in [0.1, 0.15) is 18.9 Å². The van der Waals surface area contributed by atoms with Gasteiger partial charge in [-0.2, -0.15) is 0 Å². The van der Waals surface area contributed by atoms with E-state index in [0.29, 0.717) is 17.8 Å². The molecule has 0 fully saturated rings. The van der Waals surface area contributed by atoms with Gasteiger partial charge in [0.25, 0.3) is 5.69 Å². The summed E-state index contributed by atoms with van der Waals surface area (Å²) in [5.41, 5.74) is 0.932. The number of rotatable bonds is 8. The van der Waals surface area contributed by atoms with Crippen molar-refractivity contribution >= 4 is 23.3 Å². The van der Waals surface area contributed by atoms with Crippen molar-refractivity contribution in [3.05, 3.63) is 33.9 Å². The number of nitrogens with one attached hydrogen (secondary N) is 1. The lowest BCUT2D eigenvalue weighted by molar-refractivity contribution is -0.384. The monoisotopic (exact) mass is 309 g/mol. The minimum absolute atomic E-state index is 0.0811. The molecule has 0 aliphatic heterocycles. The molecule has 0 bridgehead atoms. The molecule has 0 aromatic heterocycles. The van der Waals surface area contributed by atoms with Crippen LogP contribution in [0.3, 0.4) is 0 Å². The van der Waals surface area contributed by atoms with Gasteiger partial charge in [0.05, 0.1) is 23.7 Å². The number of hydrogen-bond donors (Lipinski definition) is 2. The topological polar surface area (TPSA) is 113 Å². The third-order valence-electron chi connectivity index (χ3n) is 2.97. The van der Waals surface area contributed by atoms with Gasteiger partial charge in [0.1, 0.15) is 0 Å². The summed E-state index contributed by atoms with van der Waals surface area (Å²) in [5, 5.41) is 22.1. The number of carboxylic acid groups (broad SMARTS) is 1. The maximum absolute atomic E-state index is 12.0. The molecule has 0 aliphatic carbocycles. The number of carboxylic acids is 1. The molecule has 0 unspecified atom stereocenters. The fraction of sp³-hybridized carbons (Fsp3) is 0.429. The van der Waals surface area contributed by atoms with E-state index in [1.165, 1.54) is 17.0 Å². The molecule has 0 radical (unpaired) electrons. The predicted molar refractivity (Wildman–Crippen MR) is 80.8 cm³/mol. The summed E-state index contributed by atoms with van der Waals surface area (Å²) >= 11 is 0. The van der Waals surface area contributed by atoms with Gasteiger partial charge in [0, 0.05) is 12.1 Å². The molecule has 8 heteroatoms. The van der Waals surface area contributed by atoms with Crippen LogP contribution in [-0.2, 0) is 9.59 Å². The molecule has 0 saturated heterocycles. The molecule has 120 valence electrons. The fourth-order valence-electron chi connectivity index (χ4n) is 1.97. The first-order valence-electron chi connectivity index (χ1n) is 6.82. The van der Waals surface area contributed by atoms with E-state index in [1.807, 2.05) is 6.92 Å².